The van der Waals surface area contributed by atoms with Crippen LogP contribution < -0.4 is 0 Å². The highest BCUT2D eigenvalue weighted by Gasteiger charge is 2.25. The summed E-state index contributed by atoms with van der Waals surface area (Å²) in [7, 11) is 0. The molecule has 4 heteroatoms. The van der Waals surface area contributed by atoms with Gasteiger partial charge in [0.2, 0.25) is 0 Å². The van der Waals surface area contributed by atoms with E-state index in [1.807, 2.05) is 13.0 Å². The molecule has 0 aliphatic heterocycles. The summed E-state index contributed by atoms with van der Waals surface area (Å²) in [5.41, 5.74) is 2.33. The van der Waals surface area contributed by atoms with Crippen LogP contribution in [0.15, 0.2) is 18.7 Å². The van der Waals surface area contributed by atoms with Gasteiger partial charge in [-0.3, -0.25) is 0 Å². The van der Waals surface area contributed by atoms with Gasteiger partial charge in [-0.05, 0) is 37.5 Å². The van der Waals surface area contributed by atoms with E-state index in [0.29, 0.717) is 5.92 Å². The fourth-order valence-corrected chi connectivity index (χ4v) is 4.84. The monoisotopic (exact) mass is 309 g/mol. The van der Waals surface area contributed by atoms with Gasteiger partial charge in [-0.25, -0.2) is 4.98 Å². The minimum atomic E-state index is 0.625. The molecule has 1 aliphatic rings. The quantitative estimate of drug-likeness (QED) is 0.656. The van der Waals surface area contributed by atoms with Crippen LogP contribution >= 0.6 is 34.3 Å². The summed E-state index contributed by atoms with van der Waals surface area (Å²) in [5.74, 6) is 0.625. The van der Waals surface area contributed by atoms with E-state index in [9.17, 15) is 0 Å². The Labute approximate surface area is 127 Å². The zero-order valence-electron chi connectivity index (χ0n) is 10.9. The topological polar surface area (TPSA) is 12.9 Å². The van der Waals surface area contributed by atoms with Crippen LogP contribution in [0.3, 0.4) is 0 Å². The second-order valence-corrected chi connectivity index (χ2v) is 7.81. The largest absolute Gasteiger partial charge is 0.240 e. The van der Waals surface area contributed by atoms with Gasteiger partial charge < -0.3 is 0 Å². The number of thiophene rings is 1. The van der Waals surface area contributed by atoms with Gasteiger partial charge in [0.25, 0.3) is 0 Å². The number of rotatable bonds is 3. The lowest BCUT2D eigenvalue weighted by atomic mass is 10.0. The van der Waals surface area contributed by atoms with E-state index in [4.69, 9.17) is 16.6 Å². The molecule has 1 nitrogen and oxygen atoms in total. The molecule has 100 valence electrons. The molecule has 0 saturated heterocycles. The number of nitrogens with zero attached hydrogens (tertiary/aromatic N) is 1. The van der Waals surface area contributed by atoms with Crippen LogP contribution in [0.2, 0.25) is 4.34 Å². The number of halogens is 1. The van der Waals surface area contributed by atoms with Crippen LogP contribution in [0.4, 0.5) is 0 Å². The van der Waals surface area contributed by atoms with Crippen molar-refractivity contribution in [1.29, 1.82) is 0 Å². The van der Waals surface area contributed by atoms with Crippen molar-refractivity contribution in [2.45, 2.75) is 38.5 Å². The smallest absolute Gasteiger partial charge is 0.119 e. The predicted molar refractivity (Wildman–Crippen MR) is 86.4 cm³/mol. The second-order valence-electron chi connectivity index (χ2n) is 5.10. The Hall–Kier alpha value is -0.640. The minimum Gasteiger partial charge on any atom is -0.240 e. The Balaban J connectivity index is 2.07. The lowest BCUT2D eigenvalue weighted by Crippen LogP contribution is -1.94. The number of hydrogen-bond acceptors (Lipinski definition) is 3. The first-order chi connectivity index (χ1) is 9.15. The van der Waals surface area contributed by atoms with Gasteiger partial charge in [0.05, 0.1) is 14.9 Å². The molecule has 0 spiro atoms. The van der Waals surface area contributed by atoms with Gasteiger partial charge in [-0.15, -0.1) is 22.7 Å². The zero-order valence-corrected chi connectivity index (χ0v) is 13.3. The average molecular weight is 310 g/mol. The number of aromatic nitrogens is 1. The van der Waals surface area contributed by atoms with E-state index >= 15 is 0 Å². The van der Waals surface area contributed by atoms with Crippen LogP contribution in [0.25, 0.3) is 15.3 Å². The Morgan fingerprint density at radius 1 is 1.32 bits per heavy atom. The van der Waals surface area contributed by atoms with Gasteiger partial charge in [0.1, 0.15) is 5.01 Å². The molecule has 19 heavy (non-hydrogen) atoms. The van der Waals surface area contributed by atoms with Gasteiger partial charge in [0.15, 0.2) is 0 Å². The normalized spacial score (nSPS) is 16.1. The maximum atomic E-state index is 6.08. The Morgan fingerprint density at radius 2 is 2.05 bits per heavy atom. The Kier molecular flexibility index (Phi) is 3.79. The molecule has 2 heterocycles. The fourth-order valence-electron chi connectivity index (χ4n) is 2.60. The van der Waals surface area contributed by atoms with Crippen molar-refractivity contribution in [2.24, 2.45) is 0 Å². The molecular weight excluding hydrogens is 294 g/mol. The maximum Gasteiger partial charge on any atom is 0.119 e. The third kappa shape index (κ3) is 2.64. The Morgan fingerprint density at radius 3 is 2.63 bits per heavy atom. The van der Waals surface area contributed by atoms with Crippen LogP contribution in [-0.4, -0.2) is 4.98 Å². The first kappa shape index (κ1) is 13.3. The van der Waals surface area contributed by atoms with Gasteiger partial charge in [-0.1, -0.05) is 31.0 Å². The summed E-state index contributed by atoms with van der Waals surface area (Å²) in [5, 5.41) is 1.07. The van der Waals surface area contributed by atoms with Crippen molar-refractivity contribution in [3.8, 4) is 9.75 Å². The average Bonchev–Trinajstić information content (AvgIpc) is 3.07. The van der Waals surface area contributed by atoms with E-state index in [2.05, 4.69) is 12.6 Å². The first-order valence-corrected chi connectivity index (χ1v) is 8.58. The summed E-state index contributed by atoms with van der Waals surface area (Å²) >= 11 is 9.48. The maximum absolute atomic E-state index is 6.08. The Bertz CT molecular complexity index is 605. The molecule has 1 saturated carbocycles. The van der Waals surface area contributed by atoms with Crippen LogP contribution in [-0.2, 0) is 0 Å². The number of allylic oxidation sites excluding steroid dienone is 1. The van der Waals surface area contributed by atoms with Gasteiger partial charge in [-0.2, -0.15) is 0 Å². The summed E-state index contributed by atoms with van der Waals surface area (Å²) < 4.78 is 0.845. The highest BCUT2D eigenvalue weighted by molar-refractivity contribution is 7.24. The van der Waals surface area contributed by atoms with E-state index in [-0.39, 0.29) is 0 Å². The van der Waals surface area contributed by atoms with Crippen molar-refractivity contribution < 1.29 is 0 Å². The third-order valence-corrected chi connectivity index (χ3v) is 6.20. The summed E-state index contributed by atoms with van der Waals surface area (Å²) in [6.45, 7) is 6.06. The molecule has 2 aromatic rings. The SMILES string of the molecule is C=C(C)c1nc(C2CCCC2)c(-c2ccc(Cl)s2)s1. The van der Waals surface area contributed by atoms with Crippen LogP contribution in [0, 0.1) is 0 Å². The first-order valence-electron chi connectivity index (χ1n) is 6.57. The molecule has 0 bridgehead atoms. The van der Waals surface area contributed by atoms with E-state index in [0.717, 1.165) is 14.9 Å². The van der Waals surface area contributed by atoms with Gasteiger partial charge in [0, 0.05) is 10.8 Å². The third-order valence-electron chi connectivity index (χ3n) is 3.56. The summed E-state index contributed by atoms with van der Waals surface area (Å²) in [6.07, 6.45) is 5.20. The standard InChI is InChI=1S/C15H16ClNS2/c1-9(2)15-17-13(10-5-3-4-6-10)14(19-15)11-7-8-12(16)18-11/h7-8,10H,1,3-6H2,2H3. The van der Waals surface area contributed by atoms with Crippen molar-refractivity contribution >= 4 is 39.8 Å². The molecular formula is C15H16ClNS2. The van der Waals surface area contributed by atoms with Crippen molar-refractivity contribution in [3.05, 3.63) is 33.7 Å². The molecule has 0 radical (unpaired) electrons. The molecule has 1 aliphatic carbocycles. The molecule has 2 aromatic heterocycles. The van der Waals surface area contributed by atoms with Crippen molar-refractivity contribution in [2.75, 3.05) is 0 Å². The summed E-state index contributed by atoms with van der Waals surface area (Å²) in [4.78, 5) is 7.41. The molecule has 3 rings (SSSR count). The minimum absolute atomic E-state index is 0.625. The van der Waals surface area contributed by atoms with E-state index in [1.54, 1.807) is 22.7 Å². The lowest BCUT2D eigenvalue weighted by molar-refractivity contribution is 0.704. The number of thiazole rings is 1. The highest BCUT2D eigenvalue weighted by atomic mass is 35.5. The molecule has 0 N–H and O–H groups in total. The zero-order chi connectivity index (χ0) is 13.4. The molecule has 0 amide bonds. The molecule has 0 unspecified atom stereocenters. The fraction of sp³-hybridized carbons (Fsp3) is 0.400. The highest BCUT2D eigenvalue weighted by Crippen LogP contribution is 2.45. The van der Waals surface area contributed by atoms with E-state index < -0.39 is 0 Å². The van der Waals surface area contributed by atoms with Crippen LogP contribution in [0.5, 0.6) is 0 Å². The van der Waals surface area contributed by atoms with Crippen molar-refractivity contribution in [1.82, 2.24) is 4.98 Å². The predicted octanol–water partition coefficient (Wildman–Crippen LogP) is 6.22. The molecule has 1 fully saturated rings. The summed E-state index contributed by atoms with van der Waals surface area (Å²) in [6, 6.07) is 4.08. The van der Waals surface area contributed by atoms with E-state index in [1.165, 1.54) is 41.1 Å². The molecule has 0 aromatic carbocycles. The number of hydrogen-bond donors (Lipinski definition) is 0. The van der Waals surface area contributed by atoms with Gasteiger partial charge >= 0.3 is 0 Å². The van der Waals surface area contributed by atoms with Crippen molar-refractivity contribution in [3.63, 3.8) is 0 Å². The lowest BCUT2D eigenvalue weighted by Gasteiger charge is -2.07. The molecule has 0 atom stereocenters. The van der Waals surface area contributed by atoms with Crippen LogP contribution in [0.1, 0.15) is 49.2 Å². The second kappa shape index (κ2) is 5.39.